The number of benzene rings is 1. The molecule has 0 radical (unpaired) electrons. The molecule has 1 saturated heterocycles. The van der Waals surface area contributed by atoms with Crippen molar-refractivity contribution in [3.8, 4) is 0 Å². The van der Waals surface area contributed by atoms with Crippen LogP contribution in [-0.2, 0) is 17.1 Å². The van der Waals surface area contributed by atoms with Crippen molar-refractivity contribution in [1.82, 2.24) is 13.9 Å². The molecular formula is C15H18FN3O2S. The van der Waals surface area contributed by atoms with E-state index in [1.165, 1.54) is 29.4 Å². The normalized spacial score (nSPS) is 19.7. The van der Waals surface area contributed by atoms with E-state index in [1.54, 1.807) is 6.20 Å². The number of imidazole rings is 1. The Bertz CT molecular complexity index is 801. The van der Waals surface area contributed by atoms with Gasteiger partial charge in [0.2, 0.25) is 10.0 Å². The van der Waals surface area contributed by atoms with Crippen molar-refractivity contribution in [2.45, 2.75) is 24.2 Å². The van der Waals surface area contributed by atoms with E-state index in [2.05, 4.69) is 4.98 Å². The highest BCUT2D eigenvalue weighted by atomic mass is 32.2. The predicted molar refractivity (Wildman–Crippen MR) is 80.5 cm³/mol. The minimum atomic E-state index is -3.67. The number of sulfonamides is 1. The largest absolute Gasteiger partial charge is 0.338 e. The van der Waals surface area contributed by atoms with Gasteiger partial charge >= 0.3 is 0 Å². The zero-order valence-electron chi connectivity index (χ0n) is 12.5. The van der Waals surface area contributed by atoms with E-state index >= 15 is 0 Å². The summed E-state index contributed by atoms with van der Waals surface area (Å²) in [6, 6.07) is 4.17. The summed E-state index contributed by atoms with van der Waals surface area (Å²) < 4.78 is 42.5. The van der Waals surface area contributed by atoms with Crippen molar-refractivity contribution in [2.24, 2.45) is 7.05 Å². The van der Waals surface area contributed by atoms with Crippen LogP contribution in [0.3, 0.4) is 0 Å². The first kappa shape index (κ1) is 15.2. The number of halogens is 1. The van der Waals surface area contributed by atoms with Crippen molar-refractivity contribution in [2.75, 3.05) is 13.1 Å². The fraction of sp³-hybridized carbons (Fsp3) is 0.400. The number of hydrogen-bond donors (Lipinski definition) is 0. The Morgan fingerprint density at radius 2 is 2.14 bits per heavy atom. The fourth-order valence-electron chi connectivity index (χ4n) is 2.93. The van der Waals surface area contributed by atoms with Crippen LogP contribution < -0.4 is 0 Å². The lowest BCUT2D eigenvalue weighted by Gasteiger charge is -2.18. The highest BCUT2D eigenvalue weighted by Gasteiger charge is 2.35. The summed E-state index contributed by atoms with van der Waals surface area (Å²) in [6.07, 6.45) is 4.28. The maximum Gasteiger partial charge on any atom is 0.243 e. The number of aryl methyl sites for hydroxylation is 1. The first-order valence-corrected chi connectivity index (χ1v) is 8.57. The van der Waals surface area contributed by atoms with Gasteiger partial charge in [0.05, 0.1) is 4.90 Å². The Morgan fingerprint density at radius 3 is 2.82 bits per heavy atom. The molecule has 5 nitrogen and oxygen atoms in total. The summed E-state index contributed by atoms with van der Waals surface area (Å²) >= 11 is 0. The fourth-order valence-corrected chi connectivity index (χ4v) is 4.67. The molecular weight excluding hydrogens is 305 g/mol. The standard InChI is InChI=1S/C15H18FN3O2S/c1-11-13(16)4-3-5-14(11)22(20,21)19-8-6-12(10-19)15-17-7-9-18(15)2/h3-5,7,9,12H,6,8,10H2,1-2H3. The van der Waals surface area contributed by atoms with Crippen LogP contribution in [0, 0.1) is 12.7 Å². The SMILES string of the molecule is Cc1c(F)cccc1S(=O)(=O)N1CCC(c2nccn2C)C1. The van der Waals surface area contributed by atoms with Crippen molar-refractivity contribution in [1.29, 1.82) is 0 Å². The molecule has 0 aliphatic carbocycles. The molecule has 1 aliphatic heterocycles. The van der Waals surface area contributed by atoms with Gasteiger partial charge < -0.3 is 4.57 Å². The molecule has 1 fully saturated rings. The molecule has 2 aromatic rings. The molecule has 7 heteroatoms. The second-order valence-electron chi connectivity index (χ2n) is 5.61. The number of hydrogen-bond acceptors (Lipinski definition) is 3. The van der Waals surface area contributed by atoms with Gasteiger partial charge in [0.25, 0.3) is 0 Å². The average molecular weight is 323 g/mol. The maximum atomic E-state index is 13.7. The minimum absolute atomic E-state index is 0.0491. The van der Waals surface area contributed by atoms with E-state index in [-0.39, 0.29) is 16.4 Å². The Kier molecular flexibility index (Phi) is 3.78. The first-order chi connectivity index (χ1) is 10.4. The first-order valence-electron chi connectivity index (χ1n) is 7.13. The molecule has 0 spiro atoms. The van der Waals surface area contributed by atoms with E-state index in [0.29, 0.717) is 13.1 Å². The zero-order valence-corrected chi connectivity index (χ0v) is 13.3. The lowest BCUT2D eigenvalue weighted by atomic mass is 10.1. The Balaban J connectivity index is 1.89. The van der Waals surface area contributed by atoms with Crippen LogP contribution >= 0.6 is 0 Å². The number of aromatic nitrogens is 2. The lowest BCUT2D eigenvalue weighted by molar-refractivity contribution is 0.468. The van der Waals surface area contributed by atoms with Gasteiger partial charge in [-0.25, -0.2) is 17.8 Å². The van der Waals surface area contributed by atoms with Crippen LogP contribution in [0.15, 0.2) is 35.5 Å². The minimum Gasteiger partial charge on any atom is -0.338 e. The van der Waals surface area contributed by atoms with Crippen LogP contribution in [0.2, 0.25) is 0 Å². The van der Waals surface area contributed by atoms with E-state index in [4.69, 9.17) is 0 Å². The van der Waals surface area contributed by atoms with Crippen molar-refractivity contribution < 1.29 is 12.8 Å². The van der Waals surface area contributed by atoms with E-state index in [9.17, 15) is 12.8 Å². The van der Waals surface area contributed by atoms with Crippen LogP contribution in [0.4, 0.5) is 4.39 Å². The van der Waals surface area contributed by atoms with Gasteiger partial charge in [0, 0.05) is 44.0 Å². The van der Waals surface area contributed by atoms with Gasteiger partial charge in [0.15, 0.2) is 0 Å². The zero-order chi connectivity index (χ0) is 15.9. The topological polar surface area (TPSA) is 55.2 Å². The van der Waals surface area contributed by atoms with Crippen LogP contribution in [-0.4, -0.2) is 35.4 Å². The number of nitrogens with zero attached hydrogens (tertiary/aromatic N) is 3. The van der Waals surface area contributed by atoms with Gasteiger partial charge in [-0.15, -0.1) is 0 Å². The molecule has 22 heavy (non-hydrogen) atoms. The smallest absolute Gasteiger partial charge is 0.243 e. The average Bonchev–Trinajstić information content (AvgIpc) is 3.10. The summed E-state index contributed by atoms with van der Waals surface area (Å²) in [5, 5.41) is 0. The molecule has 1 aromatic carbocycles. The summed E-state index contributed by atoms with van der Waals surface area (Å²) in [5.74, 6) is 0.457. The Morgan fingerprint density at radius 1 is 1.36 bits per heavy atom. The third-order valence-corrected chi connectivity index (χ3v) is 6.22. The van der Waals surface area contributed by atoms with E-state index < -0.39 is 15.8 Å². The molecule has 2 heterocycles. The van der Waals surface area contributed by atoms with E-state index in [1.807, 2.05) is 17.8 Å². The molecule has 3 rings (SSSR count). The molecule has 0 amide bonds. The van der Waals surface area contributed by atoms with Gasteiger partial charge in [0.1, 0.15) is 11.6 Å². The molecule has 0 saturated carbocycles. The molecule has 118 valence electrons. The molecule has 0 N–H and O–H groups in total. The summed E-state index contributed by atoms with van der Waals surface area (Å²) in [6.45, 7) is 2.30. The lowest BCUT2D eigenvalue weighted by Crippen LogP contribution is -2.29. The van der Waals surface area contributed by atoms with Gasteiger partial charge in [-0.3, -0.25) is 0 Å². The highest BCUT2D eigenvalue weighted by molar-refractivity contribution is 7.89. The molecule has 1 atom stereocenters. The second kappa shape index (κ2) is 5.48. The van der Waals surface area contributed by atoms with Crippen molar-refractivity contribution in [3.05, 3.63) is 47.8 Å². The quantitative estimate of drug-likeness (QED) is 0.868. The molecule has 0 bridgehead atoms. The third kappa shape index (κ3) is 2.44. The van der Waals surface area contributed by atoms with Crippen LogP contribution in [0.25, 0.3) is 0 Å². The van der Waals surface area contributed by atoms with Crippen LogP contribution in [0.1, 0.15) is 23.7 Å². The van der Waals surface area contributed by atoms with Gasteiger partial charge in [-0.2, -0.15) is 4.31 Å². The summed E-state index contributed by atoms with van der Waals surface area (Å²) in [5.41, 5.74) is 0.169. The summed E-state index contributed by atoms with van der Waals surface area (Å²) in [7, 11) is -1.77. The van der Waals surface area contributed by atoms with Gasteiger partial charge in [-0.05, 0) is 25.5 Å². The Hall–Kier alpha value is -1.73. The maximum absolute atomic E-state index is 13.7. The highest BCUT2D eigenvalue weighted by Crippen LogP contribution is 2.31. The Labute approximate surface area is 129 Å². The van der Waals surface area contributed by atoms with Crippen LogP contribution in [0.5, 0.6) is 0 Å². The number of rotatable bonds is 3. The molecule has 1 aliphatic rings. The van der Waals surface area contributed by atoms with Gasteiger partial charge in [-0.1, -0.05) is 6.07 Å². The van der Waals surface area contributed by atoms with E-state index in [0.717, 1.165) is 12.2 Å². The summed E-state index contributed by atoms with van der Waals surface area (Å²) in [4.78, 5) is 4.35. The molecule has 1 aromatic heterocycles. The van der Waals surface area contributed by atoms with Crippen molar-refractivity contribution >= 4 is 10.0 Å². The third-order valence-electron chi connectivity index (χ3n) is 4.21. The predicted octanol–water partition coefficient (Wildman–Crippen LogP) is 2.05. The monoisotopic (exact) mass is 323 g/mol. The van der Waals surface area contributed by atoms with Crippen molar-refractivity contribution in [3.63, 3.8) is 0 Å². The molecule has 1 unspecified atom stereocenters. The second-order valence-corrected chi connectivity index (χ2v) is 7.51.